The van der Waals surface area contributed by atoms with Gasteiger partial charge < -0.3 is 14.8 Å². The van der Waals surface area contributed by atoms with Gasteiger partial charge in [-0.2, -0.15) is 0 Å². The fourth-order valence-electron chi connectivity index (χ4n) is 2.55. The number of nitrogens with one attached hydrogen (secondary N) is 1. The van der Waals surface area contributed by atoms with E-state index < -0.39 is 0 Å². The van der Waals surface area contributed by atoms with E-state index in [-0.39, 0.29) is 6.04 Å². The number of nitrogens with zero attached hydrogens (tertiary/aromatic N) is 2. The predicted octanol–water partition coefficient (Wildman–Crippen LogP) is 3.41. The van der Waals surface area contributed by atoms with Crippen LogP contribution in [0.2, 0.25) is 0 Å². The third kappa shape index (κ3) is 4.58. The van der Waals surface area contributed by atoms with E-state index in [1.165, 1.54) is 5.56 Å². The van der Waals surface area contributed by atoms with Gasteiger partial charge in [0.2, 0.25) is 0 Å². The van der Waals surface area contributed by atoms with Crippen molar-refractivity contribution in [3.05, 3.63) is 41.3 Å². The molecule has 1 atom stereocenters. The van der Waals surface area contributed by atoms with Crippen LogP contribution >= 0.6 is 0 Å². The smallest absolute Gasteiger partial charge is 0.160 e. The van der Waals surface area contributed by atoms with Crippen molar-refractivity contribution in [1.29, 1.82) is 0 Å². The molecule has 23 heavy (non-hydrogen) atoms. The molecule has 0 saturated heterocycles. The average Bonchev–Trinajstić information content (AvgIpc) is 2.53. The van der Waals surface area contributed by atoms with Gasteiger partial charge >= 0.3 is 0 Å². The molecule has 0 spiro atoms. The number of benzene rings is 1. The minimum Gasteiger partial charge on any atom is -0.493 e. The maximum atomic E-state index is 5.36. The molecule has 0 bridgehead atoms. The highest BCUT2D eigenvalue weighted by Gasteiger charge is 2.09. The molecule has 1 aromatic carbocycles. The maximum absolute atomic E-state index is 5.36. The average molecular weight is 315 g/mol. The van der Waals surface area contributed by atoms with E-state index in [1.54, 1.807) is 14.2 Å². The molecule has 1 unspecified atom stereocenters. The Hall–Kier alpha value is -2.30. The molecule has 2 aromatic rings. The van der Waals surface area contributed by atoms with Crippen LogP contribution in [-0.4, -0.2) is 30.2 Å². The first-order valence-electron chi connectivity index (χ1n) is 7.87. The third-order valence-electron chi connectivity index (χ3n) is 3.64. The lowest BCUT2D eigenvalue weighted by molar-refractivity contribution is 0.354. The van der Waals surface area contributed by atoms with Crippen molar-refractivity contribution in [2.75, 3.05) is 19.5 Å². The van der Waals surface area contributed by atoms with Crippen LogP contribution in [0, 0.1) is 6.92 Å². The zero-order valence-electron chi connectivity index (χ0n) is 14.5. The Morgan fingerprint density at radius 3 is 2.48 bits per heavy atom. The summed E-state index contributed by atoms with van der Waals surface area (Å²) < 4.78 is 10.6. The summed E-state index contributed by atoms with van der Waals surface area (Å²) in [6.07, 6.45) is 1.77. The maximum Gasteiger partial charge on any atom is 0.160 e. The van der Waals surface area contributed by atoms with E-state index >= 15 is 0 Å². The monoisotopic (exact) mass is 315 g/mol. The van der Waals surface area contributed by atoms with E-state index in [0.717, 1.165) is 41.7 Å². The molecule has 1 N–H and O–H groups in total. The summed E-state index contributed by atoms with van der Waals surface area (Å²) >= 11 is 0. The van der Waals surface area contributed by atoms with Crippen molar-refractivity contribution in [1.82, 2.24) is 9.97 Å². The molecule has 1 aromatic heterocycles. The second-order valence-corrected chi connectivity index (χ2v) is 5.58. The van der Waals surface area contributed by atoms with Gasteiger partial charge in [-0.15, -0.1) is 0 Å². The lowest BCUT2D eigenvalue weighted by Crippen LogP contribution is -2.19. The Labute approximate surface area is 138 Å². The van der Waals surface area contributed by atoms with Crippen LogP contribution in [-0.2, 0) is 12.8 Å². The van der Waals surface area contributed by atoms with Gasteiger partial charge in [-0.1, -0.05) is 13.0 Å². The molecule has 1 heterocycles. The molecule has 0 amide bonds. The van der Waals surface area contributed by atoms with Crippen LogP contribution in [0.1, 0.15) is 30.9 Å². The number of aryl methyl sites for hydroxylation is 2. The molecule has 0 fully saturated rings. The first kappa shape index (κ1) is 17.1. The van der Waals surface area contributed by atoms with Gasteiger partial charge in [-0.3, -0.25) is 0 Å². The van der Waals surface area contributed by atoms with E-state index in [9.17, 15) is 0 Å². The lowest BCUT2D eigenvalue weighted by Gasteiger charge is -2.16. The molecule has 0 aliphatic carbocycles. The molecule has 5 heteroatoms. The summed E-state index contributed by atoms with van der Waals surface area (Å²) in [5.41, 5.74) is 2.24. The van der Waals surface area contributed by atoms with Crippen LogP contribution in [0.4, 0.5) is 5.82 Å². The highest BCUT2D eigenvalue weighted by Crippen LogP contribution is 2.28. The van der Waals surface area contributed by atoms with Crippen LogP contribution in [0.15, 0.2) is 24.3 Å². The summed E-state index contributed by atoms with van der Waals surface area (Å²) in [7, 11) is 3.30. The minimum atomic E-state index is 0.243. The third-order valence-corrected chi connectivity index (χ3v) is 3.64. The summed E-state index contributed by atoms with van der Waals surface area (Å²) in [4.78, 5) is 8.86. The Kier molecular flexibility index (Phi) is 5.79. The van der Waals surface area contributed by atoms with Gasteiger partial charge in [0, 0.05) is 17.8 Å². The molecular formula is C18H25N3O2. The van der Waals surface area contributed by atoms with E-state index in [1.807, 2.05) is 25.1 Å². The Morgan fingerprint density at radius 1 is 1.09 bits per heavy atom. The van der Waals surface area contributed by atoms with Crippen LogP contribution < -0.4 is 14.8 Å². The Balaban J connectivity index is 2.07. The van der Waals surface area contributed by atoms with Crippen LogP contribution in [0.3, 0.4) is 0 Å². The van der Waals surface area contributed by atoms with Crippen molar-refractivity contribution in [3.63, 3.8) is 0 Å². The number of anilines is 1. The topological polar surface area (TPSA) is 56.3 Å². The lowest BCUT2D eigenvalue weighted by atomic mass is 10.1. The molecule has 0 radical (unpaired) electrons. The number of methoxy groups -OCH3 is 2. The Morgan fingerprint density at radius 2 is 1.83 bits per heavy atom. The van der Waals surface area contributed by atoms with Gasteiger partial charge in [-0.25, -0.2) is 9.97 Å². The standard InChI is InChI=1S/C18H25N3O2/c1-6-15-11-18(21-13(3)20-15)19-12(2)9-14-7-8-16(22-4)17(10-14)23-5/h7-8,10-12H,6,9H2,1-5H3,(H,19,20,21). The normalized spacial score (nSPS) is 11.9. The molecule has 0 aliphatic heterocycles. The summed E-state index contributed by atoms with van der Waals surface area (Å²) in [5.74, 6) is 3.17. The number of rotatable bonds is 7. The summed E-state index contributed by atoms with van der Waals surface area (Å²) in [6, 6.07) is 8.26. The molecular weight excluding hydrogens is 290 g/mol. The van der Waals surface area contributed by atoms with Crippen LogP contribution in [0.25, 0.3) is 0 Å². The highest BCUT2D eigenvalue weighted by molar-refractivity contribution is 5.44. The van der Waals surface area contributed by atoms with Crippen molar-refractivity contribution in [2.45, 2.75) is 39.7 Å². The van der Waals surface area contributed by atoms with E-state index in [2.05, 4.69) is 35.2 Å². The molecule has 5 nitrogen and oxygen atoms in total. The number of ether oxygens (including phenoxy) is 2. The minimum absolute atomic E-state index is 0.243. The number of aromatic nitrogens is 2. The molecule has 124 valence electrons. The largest absolute Gasteiger partial charge is 0.493 e. The second-order valence-electron chi connectivity index (χ2n) is 5.58. The number of hydrogen-bond acceptors (Lipinski definition) is 5. The zero-order valence-corrected chi connectivity index (χ0v) is 14.5. The van der Waals surface area contributed by atoms with E-state index in [4.69, 9.17) is 9.47 Å². The van der Waals surface area contributed by atoms with Gasteiger partial charge in [0.1, 0.15) is 11.6 Å². The zero-order chi connectivity index (χ0) is 16.8. The first-order valence-corrected chi connectivity index (χ1v) is 7.87. The first-order chi connectivity index (χ1) is 11.0. The fourth-order valence-corrected chi connectivity index (χ4v) is 2.55. The second kappa shape index (κ2) is 7.81. The van der Waals surface area contributed by atoms with Crippen molar-refractivity contribution < 1.29 is 9.47 Å². The van der Waals surface area contributed by atoms with Crippen molar-refractivity contribution in [3.8, 4) is 11.5 Å². The van der Waals surface area contributed by atoms with Gasteiger partial charge in [0.15, 0.2) is 11.5 Å². The fraction of sp³-hybridized carbons (Fsp3) is 0.444. The van der Waals surface area contributed by atoms with Gasteiger partial charge in [0.25, 0.3) is 0 Å². The Bertz CT molecular complexity index is 659. The summed E-state index contributed by atoms with van der Waals surface area (Å²) in [6.45, 7) is 6.15. The van der Waals surface area contributed by atoms with Crippen molar-refractivity contribution >= 4 is 5.82 Å². The quantitative estimate of drug-likeness (QED) is 0.848. The van der Waals surface area contributed by atoms with E-state index in [0.29, 0.717) is 0 Å². The van der Waals surface area contributed by atoms with Crippen LogP contribution in [0.5, 0.6) is 11.5 Å². The van der Waals surface area contributed by atoms with Gasteiger partial charge in [0.05, 0.1) is 14.2 Å². The SMILES string of the molecule is CCc1cc(NC(C)Cc2ccc(OC)c(OC)c2)nc(C)n1. The molecule has 2 rings (SSSR count). The van der Waals surface area contributed by atoms with Gasteiger partial charge in [-0.05, 0) is 44.4 Å². The highest BCUT2D eigenvalue weighted by atomic mass is 16.5. The van der Waals surface area contributed by atoms with Crippen molar-refractivity contribution in [2.24, 2.45) is 0 Å². The molecule has 0 aliphatic rings. The number of hydrogen-bond donors (Lipinski definition) is 1. The molecule has 0 saturated carbocycles. The summed E-state index contributed by atoms with van der Waals surface area (Å²) in [5, 5.41) is 3.45. The predicted molar refractivity (Wildman–Crippen MR) is 92.5 cm³/mol.